The second-order valence-corrected chi connectivity index (χ2v) is 4.56. The van der Waals surface area contributed by atoms with Gasteiger partial charge in [-0.15, -0.1) is 0 Å². The fourth-order valence-corrected chi connectivity index (χ4v) is 2.05. The zero-order chi connectivity index (χ0) is 12.8. The third-order valence-corrected chi connectivity index (χ3v) is 3.25. The molecule has 0 saturated carbocycles. The van der Waals surface area contributed by atoms with E-state index in [9.17, 15) is 9.18 Å². The van der Waals surface area contributed by atoms with Crippen molar-refractivity contribution in [2.45, 2.75) is 52.4 Å². The van der Waals surface area contributed by atoms with Gasteiger partial charge in [0.15, 0.2) is 0 Å². The molecule has 1 aromatic rings. The SMILES string of the molecule is CCC(=O)CCC(CC)c1ccc(C)cc1F. The van der Waals surface area contributed by atoms with Crippen LogP contribution in [0.3, 0.4) is 0 Å². The topological polar surface area (TPSA) is 17.1 Å². The van der Waals surface area contributed by atoms with Gasteiger partial charge in [0, 0.05) is 12.8 Å². The van der Waals surface area contributed by atoms with Crippen LogP contribution >= 0.6 is 0 Å². The van der Waals surface area contributed by atoms with E-state index in [0.717, 1.165) is 24.0 Å². The van der Waals surface area contributed by atoms with E-state index in [1.54, 1.807) is 6.07 Å². The van der Waals surface area contributed by atoms with Gasteiger partial charge in [0.05, 0.1) is 0 Å². The molecule has 0 aliphatic carbocycles. The number of carbonyl (C=O) groups excluding carboxylic acids is 1. The summed E-state index contributed by atoms with van der Waals surface area (Å²) in [5, 5.41) is 0. The average Bonchev–Trinajstić information content (AvgIpc) is 2.31. The number of halogens is 1. The zero-order valence-corrected chi connectivity index (χ0v) is 10.9. The third kappa shape index (κ3) is 3.95. The Balaban J connectivity index is 2.75. The lowest BCUT2D eigenvalue weighted by Gasteiger charge is -2.16. The number of aryl methyl sites for hydroxylation is 1. The van der Waals surface area contributed by atoms with Crippen molar-refractivity contribution >= 4 is 5.78 Å². The van der Waals surface area contributed by atoms with Crippen molar-refractivity contribution in [2.75, 3.05) is 0 Å². The fourth-order valence-electron chi connectivity index (χ4n) is 2.05. The second kappa shape index (κ2) is 6.53. The monoisotopic (exact) mass is 236 g/mol. The van der Waals surface area contributed by atoms with Crippen LogP contribution in [0.1, 0.15) is 56.6 Å². The van der Waals surface area contributed by atoms with Gasteiger partial charge in [-0.3, -0.25) is 4.79 Å². The van der Waals surface area contributed by atoms with Gasteiger partial charge in [-0.05, 0) is 42.9 Å². The number of Topliss-reactive ketones (excluding diaryl/α,β-unsaturated/α-hetero) is 1. The van der Waals surface area contributed by atoms with Crippen molar-refractivity contribution in [3.63, 3.8) is 0 Å². The smallest absolute Gasteiger partial charge is 0.132 e. The van der Waals surface area contributed by atoms with Gasteiger partial charge < -0.3 is 0 Å². The van der Waals surface area contributed by atoms with Crippen LogP contribution in [0.2, 0.25) is 0 Å². The number of carbonyl (C=O) groups is 1. The van der Waals surface area contributed by atoms with Crippen LogP contribution in [0, 0.1) is 12.7 Å². The summed E-state index contributed by atoms with van der Waals surface area (Å²) in [6.45, 7) is 5.80. The molecule has 0 spiro atoms. The summed E-state index contributed by atoms with van der Waals surface area (Å²) in [5.41, 5.74) is 1.69. The number of hydrogen-bond donors (Lipinski definition) is 0. The lowest BCUT2D eigenvalue weighted by atomic mass is 9.90. The largest absolute Gasteiger partial charge is 0.300 e. The van der Waals surface area contributed by atoms with Gasteiger partial charge in [0.25, 0.3) is 0 Å². The molecule has 2 heteroatoms. The summed E-state index contributed by atoms with van der Waals surface area (Å²) < 4.78 is 13.8. The van der Waals surface area contributed by atoms with Crippen LogP contribution in [-0.4, -0.2) is 5.78 Å². The van der Waals surface area contributed by atoms with E-state index in [1.165, 1.54) is 0 Å². The molecule has 1 nitrogen and oxygen atoms in total. The van der Waals surface area contributed by atoms with Crippen molar-refractivity contribution in [1.82, 2.24) is 0 Å². The minimum atomic E-state index is -0.138. The maximum absolute atomic E-state index is 13.8. The molecular weight excluding hydrogens is 215 g/mol. The summed E-state index contributed by atoms with van der Waals surface area (Å²) in [6, 6.07) is 5.36. The number of hydrogen-bond acceptors (Lipinski definition) is 1. The summed E-state index contributed by atoms with van der Waals surface area (Å²) in [6.07, 6.45) is 2.76. The van der Waals surface area contributed by atoms with E-state index in [1.807, 2.05) is 32.9 Å². The number of ketones is 1. The molecule has 0 N–H and O–H groups in total. The van der Waals surface area contributed by atoms with Gasteiger partial charge in [-0.2, -0.15) is 0 Å². The highest BCUT2D eigenvalue weighted by atomic mass is 19.1. The third-order valence-electron chi connectivity index (χ3n) is 3.25. The molecular formula is C15H21FO. The van der Waals surface area contributed by atoms with Crippen LogP contribution < -0.4 is 0 Å². The molecule has 0 bridgehead atoms. The molecule has 0 aromatic heterocycles. The van der Waals surface area contributed by atoms with Crippen molar-refractivity contribution in [3.8, 4) is 0 Å². The summed E-state index contributed by atoms with van der Waals surface area (Å²) in [7, 11) is 0. The van der Waals surface area contributed by atoms with Crippen molar-refractivity contribution in [3.05, 3.63) is 35.1 Å². The van der Waals surface area contributed by atoms with Gasteiger partial charge in [-0.25, -0.2) is 4.39 Å². The Morgan fingerprint density at radius 2 is 2.06 bits per heavy atom. The first kappa shape index (κ1) is 13.9. The molecule has 0 saturated heterocycles. The Labute approximate surface area is 103 Å². The molecule has 0 aliphatic rings. The molecule has 1 aromatic carbocycles. The molecule has 0 fully saturated rings. The summed E-state index contributed by atoms with van der Waals surface area (Å²) in [5.74, 6) is 0.280. The number of benzene rings is 1. The zero-order valence-electron chi connectivity index (χ0n) is 10.9. The molecule has 0 aliphatic heterocycles. The summed E-state index contributed by atoms with van der Waals surface area (Å²) >= 11 is 0. The Hall–Kier alpha value is -1.18. The van der Waals surface area contributed by atoms with E-state index >= 15 is 0 Å². The summed E-state index contributed by atoms with van der Waals surface area (Å²) in [4.78, 5) is 11.3. The molecule has 0 radical (unpaired) electrons. The van der Waals surface area contributed by atoms with Gasteiger partial charge in [0.2, 0.25) is 0 Å². The highest BCUT2D eigenvalue weighted by Crippen LogP contribution is 2.27. The lowest BCUT2D eigenvalue weighted by Crippen LogP contribution is -2.04. The maximum Gasteiger partial charge on any atom is 0.132 e. The van der Waals surface area contributed by atoms with Gasteiger partial charge in [0.1, 0.15) is 11.6 Å². The Bertz CT molecular complexity index is 385. The van der Waals surface area contributed by atoms with Crippen LogP contribution in [0.4, 0.5) is 4.39 Å². The van der Waals surface area contributed by atoms with E-state index in [2.05, 4.69) is 0 Å². The van der Waals surface area contributed by atoms with E-state index in [-0.39, 0.29) is 17.5 Å². The molecule has 1 atom stereocenters. The number of rotatable bonds is 6. The highest BCUT2D eigenvalue weighted by Gasteiger charge is 2.15. The first-order chi connectivity index (χ1) is 8.08. The Morgan fingerprint density at radius 3 is 2.59 bits per heavy atom. The van der Waals surface area contributed by atoms with Crippen molar-refractivity contribution in [2.24, 2.45) is 0 Å². The van der Waals surface area contributed by atoms with Gasteiger partial charge >= 0.3 is 0 Å². The predicted octanol–water partition coefficient (Wildman–Crippen LogP) is 4.39. The average molecular weight is 236 g/mol. The first-order valence-corrected chi connectivity index (χ1v) is 6.36. The van der Waals surface area contributed by atoms with Crippen LogP contribution in [-0.2, 0) is 4.79 Å². The van der Waals surface area contributed by atoms with Crippen molar-refractivity contribution < 1.29 is 9.18 Å². The Kier molecular flexibility index (Phi) is 5.33. The normalized spacial score (nSPS) is 12.5. The molecule has 1 unspecified atom stereocenters. The molecule has 0 amide bonds. The molecule has 1 rings (SSSR count). The Morgan fingerprint density at radius 1 is 1.35 bits per heavy atom. The molecule has 17 heavy (non-hydrogen) atoms. The minimum Gasteiger partial charge on any atom is -0.300 e. The first-order valence-electron chi connectivity index (χ1n) is 6.36. The van der Waals surface area contributed by atoms with Crippen molar-refractivity contribution in [1.29, 1.82) is 0 Å². The van der Waals surface area contributed by atoms with E-state index in [4.69, 9.17) is 0 Å². The predicted molar refractivity (Wildman–Crippen MR) is 68.7 cm³/mol. The van der Waals surface area contributed by atoms with Crippen LogP contribution in [0.25, 0.3) is 0 Å². The van der Waals surface area contributed by atoms with Crippen LogP contribution in [0.5, 0.6) is 0 Å². The maximum atomic E-state index is 13.8. The van der Waals surface area contributed by atoms with Crippen LogP contribution in [0.15, 0.2) is 18.2 Å². The molecule has 0 heterocycles. The van der Waals surface area contributed by atoms with Gasteiger partial charge in [-0.1, -0.05) is 26.0 Å². The standard InChI is InChI=1S/C15H21FO/c1-4-12(7-8-13(17)5-2)14-9-6-11(3)10-15(14)16/h6,9-10,12H,4-5,7-8H2,1-3H3. The minimum absolute atomic E-state index is 0.138. The second-order valence-electron chi connectivity index (χ2n) is 4.56. The van der Waals surface area contributed by atoms with E-state index < -0.39 is 0 Å². The highest BCUT2D eigenvalue weighted by molar-refractivity contribution is 5.78. The lowest BCUT2D eigenvalue weighted by molar-refractivity contribution is -0.118. The quantitative estimate of drug-likeness (QED) is 0.716. The molecule has 94 valence electrons. The fraction of sp³-hybridized carbons (Fsp3) is 0.533. The van der Waals surface area contributed by atoms with E-state index in [0.29, 0.717) is 12.8 Å².